The lowest BCUT2D eigenvalue weighted by molar-refractivity contribution is -0.137. The number of anilines is 2. The minimum atomic E-state index is -1.13. The summed E-state index contributed by atoms with van der Waals surface area (Å²) in [6, 6.07) is 12.3. The molecule has 2 aliphatic heterocycles. The van der Waals surface area contributed by atoms with E-state index in [0.29, 0.717) is 75.0 Å². The van der Waals surface area contributed by atoms with Crippen molar-refractivity contribution in [2.75, 3.05) is 62.7 Å². The summed E-state index contributed by atoms with van der Waals surface area (Å²) in [7, 11) is 0. The Labute approximate surface area is 253 Å². The van der Waals surface area contributed by atoms with Crippen molar-refractivity contribution in [1.82, 2.24) is 20.1 Å². The maximum atomic E-state index is 13.5. The zero-order valence-electron chi connectivity index (χ0n) is 23.9. The summed E-state index contributed by atoms with van der Waals surface area (Å²) in [4.78, 5) is 60.6. The molecule has 2 fully saturated rings. The van der Waals surface area contributed by atoms with Gasteiger partial charge in [0.25, 0.3) is 11.8 Å². The number of hydrogen-bond donors (Lipinski definition) is 3. The van der Waals surface area contributed by atoms with Crippen LogP contribution in [-0.2, 0) is 9.53 Å². The second kappa shape index (κ2) is 14.0. The van der Waals surface area contributed by atoms with E-state index in [1.807, 2.05) is 4.90 Å². The maximum absolute atomic E-state index is 13.5. The fourth-order valence-electron chi connectivity index (χ4n) is 5.21. The van der Waals surface area contributed by atoms with Crippen molar-refractivity contribution >= 4 is 35.2 Å². The van der Waals surface area contributed by atoms with Gasteiger partial charge < -0.3 is 35.2 Å². The molecule has 0 spiro atoms. The number of ether oxygens (including phenoxy) is 1. The number of carbonyl (C=O) groups excluding carboxylic acids is 3. The number of morpholine rings is 1. The first-order chi connectivity index (χ1) is 21.3. The summed E-state index contributed by atoms with van der Waals surface area (Å²) in [6.45, 7) is 4.12. The first kappa shape index (κ1) is 30.4. The number of aromatic nitrogens is 1. The first-order valence-electron chi connectivity index (χ1n) is 14.3. The third-order valence-corrected chi connectivity index (χ3v) is 7.58. The standard InChI is InChI=1S/C31H33FN6O6/c32-24-4-1-21(2-5-24)25(20-28(39)40)34-30(42)23-3-6-27(26(19-23)35-29(41)22-7-9-33-10-8-22)36-11-13-37(14-12-36)31(43)38-15-17-44-18-16-38/h1-10,19,25H,11-18,20H2,(H,34,42)(H,35,41)(H,39,40). The number of hydrogen-bond acceptors (Lipinski definition) is 7. The van der Waals surface area contributed by atoms with Crippen molar-refractivity contribution in [2.24, 2.45) is 0 Å². The molecular weight excluding hydrogens is 571 g/mol. The summed E-state index contributed by atoms with van der Waals surface area (Å²) in [5, 5.41) is 15.1. The Morgan fingerprint density at radius 3 is 2.16 bits per heavy atom. The van der Waals surface area contributed by atoms with Gasteiger partial charge in [-0.1, -0.05) is 12.1 Å². The first-order valence-corrected chi connectivity index (χ1v) is 14.3. The van der Waals surface area contributed by atoms with E-state index in [-0.39, 0.29) is 11.6 Å². The van der Waals surface area contributed by atoms with Crippen LogP contribution in [0.15, 0.2) is 67.0 Å². The van der Waals surface area contributed by atoms with Crippen LogP contribution in [0.5, 0.6) is 0 Å². The molecule has 2 saturated heterocycles. The summed E-state index contributed by atoms with van der Waals surface area (Å²) in [5.41, 5.74) is 2.05. The van der Waals surface area contributed by atoms with Gasteiger partial charge in [0.2, 0.25) is 0 Å². The van der Waals surface area contributed by atoms with E-state index in [1.54, 1.807) is 34.1 Å². The van der Waals surface area contributed by atoms with Gasteiger partial charge in [0, 0.05) is 62.8 Å². The van der Waals surface area contributed by atoms with Crippen molar-refractivity contribution < 1.29 is 33.4 Å². The molecule has 0 bridgehead atoms. The van der Waals surface area contributed by atoms with Crippen molar-refractivity contribution in [1.29, 1.82) is 0 Å². The number of nitrogens with zero attached hydrogens (tertiary/aromatic N) is 4. The molecule has 13 heteroatoms. The average molecular weight is 605 g/mol. The van der Waals surface area contributed by atoms with Crippen LogP contribution >= 0.6 is 0 Å². The molecule has 3 heterocycles. The second-order valence-corrected chi connectivity index (χ2v) is 10.5. The van der Waals surface area contributed by atoms with E-state index in [9.17, 15) is 28.7 Å². The molecule has 0 saturated carbocycles. The third-order valence-electron chi connectivity index (χ3n) is 7.58. The zero-order chi connectivity index (χ0) is 31.1. The smallest absolute Gasteiger partial charge is 0.320 e. The largest absolute Gasteiger partial charge is 0.481 e. The zero-order valence-corrected chi connectivity index (χ0v) is 23.9. The van der Waals surface area contributed by atoms with Crippen LogP contribution in [0.2, 0.25) is 0 Å². The lowest BCUT2D eigenvalue weighted by Crippen LogP contribution is -2.54. The molecule has 12 nitrogen and oxygen atoms in total. The topological polar surface area (TPSA) is 144 Å². The molecule has 230 valence electrons. The number of rotatable bonds is 8. The van der Waals surface area contributed by atoms with E-state index in [0.717, 1.165) is 0 Å². The summed E-state index contributed by atoms with van der Waals surface area (Å²) in [6.07, 6.45) is 2.60. The lowest BCUT2D eigenvalue weighted by Gasteiger charge is -2.39. The summed E-state index contributed by atoms with van der Waals surface area (Å²) in [5.74, 6) is -2.58. The van der Waals surface area contributed by atoms with Crippen LogP contribution in [0.3, 0.4) is 0 Å². The molecule has 4 amide bonds. The Morgan fingerprint density at radius 2 is 1.50 bits per heavy atom. The fraction of sp³-hybridized carbons (Fsp3) is 0.323. The number of piperazine rings is 1. The van der Waals surface area contributed by atoms with Gasteiger partial charge in [-0.2, -0.15) is 0 Å². The van der Waals surface area contributed by atoms with E-state index >= 15 is 0 Å². The minimum Gasteiger partial charge on any atom is -0.481 e. The van der Waals surface area contributed by atoms with E-state index < -0.39 is 36.1 Å². The highest BCUT2D eigenvalue weighted by molar-refractivity contribution is 6.07. The van der Waals surface area contributed by atoms with Crippen LogP contribution < -0.4 is 15.5 Å². The Morgan fingerprint density at radius 1 is 0.841 bits per heavy atom. The number of nitrogens with one attached hydrogen (secondary N) is 2. The molecular formula is C31H33FN6O6. The SMILES string of the molecule is O=C(O)CC(NC(=O)c1ccc(N2CCN(C(=O)N3CCOCC3)CC2)c(NC(=O)c2ccncc2)c1)c1ccc(F)cc1. The molecule has 3 N–H and O–H groups in total. The molecule has 2 aliphatic rings. The van der Waals surface area contributed by atoms with Gasteiger partial charge in [0.15, 0.2) is 0 Å². The number of carbonyl (C=O) groups is 4. The molecule has 1 aromatic heterocycles. The second-order valence-electron chi connectivity index (χ2n) is 10.5. The summed E-state index contributed by atoms with van der Waals surface area (Å²) < 4.78 is 18.8. The molecule has 1 unspecified atom stereocenters. The van der Waals surface area contributed by atoms with E-state index in [2.05, 4.69) is 15.6 Å². The monoisotopic (exact) mass is 604 g/mol. The number of amides is 4. The number of pyridine rings is 1. The third kappa shape index (κ3) is 7.48. The van der Waals surface area contributed by atoms with Crippen LogP contribution in [-0.4, -0.2) is 96.2 Å². The van der Waals surface area contributed by atoms with Gasteiger partial charge in [-0.3, -0.25) is 19.4 Å². The number of carboxylic acids is 1. The van der Waals surface area contributed by atoms with Gasteiger partial charge in [-0.15, -0.1) is 0 Å². The normalized spacial score (nSPS) is 15.8. The van der Waals surface area contributed by atoms with Crippen LogP contribution in [0.25, 0.3) is 0 Å². The lowest BCUT2D eigenvalue weighted by atomic mass is 10.0. The Bertz CT molecular complexity index is 1490. The van der Waals surface area contributed by atoms with Crippen LogP contribution in [0.4, 0.5) is 20.6 Å². The van der Waals surface area contributed by atoms with Crippen molar-refractivity contribution in [3.8, 4) is 0 Å². The molecule has 1 atom stereocenters. The molecule has 5 rings (SSSR count). The predicted molar refractivity (Wildman–Crippen MR) is 159 cm³/mol. The molecule has 2 aromatic carbocycles. The fourth-order valence-corrected chi connectivity index (χ4v) is 5.21. The van der Waals surface area contributed by atoms with Gasteiger partial charge in [0.05, 0.1) is 37.1 Å². The highest BCUT2D eigenvalue weighted by Gasteiger charge is 2.28. The number of carboxylic acid groups (broad SMARTS) is 1. The molecule has 44 heavy (non-hydrogen) atoms. The number of benzene rings is 2. The highest BCUT2D eigenvalue weighted by Crippen LogP contribution is 2.30. The van der Waals surface area contributed by atoms with Crippen molar-refractivity contribution in [3.05, 3.63) is 89.5 Å². The van der Waals surface area contributed by atoms with Crippen LogP contribution in [0.1, 0.15) is 38.7 Å². The van der Waals surface area contributed by atoms with Gasteiger partial charge >= 0.3 is 12.0 Å². The Kier molecular flexibility index (Phi) is 9.65. The average Bonchev–Trinajstić information content (AvgIpc) is 3.05. The molecule has 0 radical (unpaired) electrons. The molecule has 3 aromatic rings. The van der Waals surface area contributed by atoms with E-state index in [1.165, 1.54) is 42.7 Å². The minimum absolute atomic E-state index is 0.0248. The summed E-state index contributed by atoms with van der Waals surface area (Å²) >= 11 is 0. The van der Waals surface area contributed by atoms with Crippen molar-refractivity contribution in [2.45, 2.75) is 12.5 Å². The van der Waals surface area contributed by atoms with E-state index in [4.69, 9.17) is 4.74 Å². The Hall–Kier alpha value is -5.04. The maximum Gasteiger partial charge on any atom is 0.320 e. The highest BCUT2D eigenvalue weighted by atomic mass is 19.1. The quantitative estimate of drug-likeness (QED) is 0.356. The number of aliphatic carboxylic acids is 1. The van der Waals surface area contributed by atoms with Gasteiger partial charge in [-0.25, -0.2) is 9.18 Å². The van der Waals surface area contributed by atoms with Gasteiger partial charge in [0.1, 0.15) is 5.82 Å². The predicted octanol–water partition coefficient (Wildman–Crippen LogP) is 2.99. The number of halogens is 1. The Balaban J connectivity index is 1.36. The van der Waals surface area contributed by atoms with Crippen molar-refractivity contribution in [3.63, 3.8) is 0 Å². The van der Waals surface area contributed by atoms with Gasteiger partial charge in [-0.05, 0) is 48.0 Å². The number of urea groups is 1. The van der Waals surface area contributed by atoms with Crippen LogP contribution in [0, 0.1) is 5.82 Å². The molecule has 0 aliphatic carbocycles.